The number of H-pyrrole nitrogens is 1. The van der Waals surface area contributed by atoms with Gasteiger partial charge in [0.2, 0.25) is 5.91 Å². The van der Waals surface area contributed by atoms with Crippen molar-refractivity contribution in [3.8, 4) is 5.75 Å². The van der Waals surface area contributed by atoms with Crippen LogP contribution in [0.5, 0.6) is 5.75 Å². The second-order valence-corrected chi connectivity index (χ2v) is 5.41. The Balaban J connectivity index is 1.75. The highest BCUT2D eigenvalue weighted by molar-refractivity contribution is 5.90. The SMILES string of the molecule is COc1ccc2[nH]c(C)c(CC(=O)NCc3ccccn3)c2c1. The normalized spacial score (nSPS) is 10.7. The Hall–Kier alpha value is -2.82. The van der Waals surface area contributed by atoms with Gasteiger partial charge in [-0.25, -0.2) is 0 Å². The molecule has 2 N–H and O–H groups in total. The third kappa shape index (κ3) is 3.34. The first-order valence-electron chi connectivity index (χ1n) is 7.49. The zero-order chi connectivity index (χ0) is 16.2. The van der Waals surface area contributed by atoms with Crippen molar-refractivity contribution in [3.05, 3.63) is 59.5 Å². The number of aromatic amines is 1. The standard InChI is InChI=1S/C18H19N3O2/c1-12-15(16-9-14(23-2)6-7-17(16)21-12)10-18(22)20-11-13-5-3-4-8-19-13/h3-9,21H,10-11H2,1-2H3,(H,20,22). The molecule has 0 aliphatic carbocycles. The van der Waals surface area contributed by atoms with Crippen LogP contribution in [0.1, 0.15) is 17.0 Å². The zero-order valence-corrected chi connectivity index (χ0v) is 13.2. The quantitative estimate of drug-likeness (QED) is 0.761. The molecule has 1 amide bonds. The number of pyridine rings is 1. The topological polar surface area (TPSA) is 67.0 Å². The molecule has 23 heavy (non-hydrogen) atoms. The number of benzene rings is 1. The Morgan fingerprint density at radius 1 is 1.30 bits per heavy atom. The smallest absolute Gasteiger partial charge is 0.224 e. The molecule has 5 nitrogen and oxygen atoms in total. The molecule has 1 aromatic carbocycles. The molecule has 0 unspecified atom stereocenters. The molecule has 2 aromatic heterocycles. The molecule has 3 rings (SSSR count). The summed E-state index contributed by atoms with van der Waals surface area (Å²) in [7, 11) is 1.64. The summed E-state index contributed by atoms with van der Waals surface area (Å²) >= 11 is 0. The number of carbonyl (C=O) groups is 1. The van der Waals surface area contributed by atoms with Gasteiger partial charge in [-0.1, -0.05) is 6.07 Å². The molecule has 3 aromatic rings. The maximum absolute atomic E-state index is 12.3. The Bertz CT molecular complexity index is 825. The lowest BCUT2D eigenvalue weighted by molar-refractivity contribution is -0.120. The van der Waals surface area contributed by atoms with E-state index in [-0.39, 0.29) is 5.91 Å². The van der Waals surface area contributed by atoms with E-state index in [2.05, 4.69) is 15.3 Å². The van der Waals surface area contributed by atoms with E-state index in [1.54, 1.807) is 13.3 Å². The molecule has 5 heteroatoms. The fourth-order valence-electron chi connectivity index (χ4n) is 2.63. The molecule has 0 atom stereocenters. The third-order valence-electron chi connectivity index (χ3n) is 3.86. The highest BCUT2D eigenvalue weighted by Crippen LogP contribution is 2.26. The van der Waals surface area contributed by atoms with Gasteiger partial charge in [-0.3, -0.25) is 9.78 Å². The number of amides is 1. The number of methoxy groups -OCH3 is 1. The van der Waals surface area contributed by atoms with Crippen LogP contribution >= 0.6 is 0 Å². The lowest BCUT2D eigenvalue weighted by Crippen LogP contribution is -2.25. The largest absolute Gasteiger partial charge is 0.497 e. The van der Waals surface area contributed by atoms with Gasteiger partial charge in [0.15, 0.2) is 0 Å². The van der Waals surface area contributed by atoms with Gasteiger partial charge in [-0.05, 0) is 42.8 Å². The summed E-state index contributed by atoms with van der Waals surface area (Å²) in [5, 5.41) is 3.93. The molecule has 0 fully saturated rings. The number of rotatable bonds is 5. The second kappa shape index (κ2) is 6.52. The van der Waals surface area contributed by atoms with Gasteiger partial charge in [0.1, 0.15) is 5.75 Å². The predicted molar refractivity (Wildman–Crippen MR) is 89.4 cm³/mol. The van der Waals surface area contributed by atoms with E-state index in [1.165, 1.54) is 0 Å². The van der Waals surface area contributed by atoms with Crippen molar-refractivity contribution in [1.29, 1.82) is 0 Å². The molecular weight excluding hydrogens is 290 g/mol. The van der Waals surface area contributed by atoms with Crippen LogP contribution < -0.4 is 10.1 Å². The number of aromatic nitrogens is 2. The number of hydrogen-bond acceptors (Lipinski definition) is 3. The average molecular weight is 309 g/mol. The summed E-state index contributed by atoms with van der Waals surface area (Å²) in [6, 6.07) is 11.5. The minimum Gasteiger partial charge on any atom is -0.497 e. The van der Waals surface area contributed by atoms with Crippen molar-refractivity contribution in [2.45, 2.75) is 19.9 Å². The average Bonchev–Trinajstić information content (AvgIpc) is 2.89. The molecular formula is C18H19N3O2. The van der Waals surface area contributed by atoms with Gasteiger partial charge in [-0.2, -0.15) is 0 Å². The molecule has 0 saturated heterocycles. The van der Waals surface area contributed by atoms with Crippen LogP contribution in [0.15, 0.2) is 42.6 Å². The number of carbonyl (C=O) groups excluding carboxylic acids is 1. The van der Waals surface area contributed by atoms with Crippen LogP contribution in [0, 0.1) is 6.92 Å². The van der Waals surface area contributed by atoms with Crippen molar-refractivity contribution < 1.29 is 9.53 Å². The lowest BCUT2D eigenvalue weighted by atomic mass is 10.1. The Kier molecular flexibility index (Phi) is 4.28. The van der Waals surface area contributed by atoms with E-state index in [1.807, 2.05) is 43.3 Å². The first kappa shape index (κ1) is 15.1. The van der Waals surface area contributed by atoms with E-state index in [0.717, 1.165) is 33.6 Å². The fourth-order valence-corrected chi connectivity index (χ4v) is 2.63. The number of nitrogens with zero attached hydrogens (tertiary/aromatic N) is 1. The number of hydrogen-bond donors (Lipinski definition) is 2. The van der Waals surface area contributed by atoms with Crippen LogP contribution in [-0.2, 0) is 17.8 Å². The van der Waals surface area contributed by atoms with Crippen LogP contribution in [0.4, 0.5) is 0 Å². The van der Waals surface area contributed by atoms with E-state index < -0.39 is 0 Å². The van der Waals surface area contributed by atoms with Gasteiger partial charge >= 0.3 is 0 Å². The highest BCUT2D eigenvalue weighted by Gasteiger charge is 2.13. The van der Waals surface area contributed by atoms with Gasteiger partial charge < -0.3 is 15.0 Å². The summed E-state index contributed by atoms with van der Waals surface area (Å²) in [6.07, 6.45) is 2.05. The van der Waals surface area contributed by atoms with Crippen LogP contribution in [0.25, 0.3) is 10.9 Å². The summed E-state index contributed by atoms with van der Waals surface area (Å²) in [4.78, 5) is 19.8. The van der Waals surface area contributed by atoms with E-state index in [0.29, 0.717) is 13.0 Å². The number of nitrogens with one attached hydrogen (secondary N) is 2. The molecule has 2 heterocycles. The van der Waals surface area contributed by atoms with Crippen molar-refractivity contribution in [2.75, 3.05) is 7.11 Å². The van der Waals surface area contributed by atoms with Crippen LogP contribution in [-0.4, -0.2) is 23.0 Å². The Labute approximate surface area is 134 Å². The maximum Gasteiger partial charge on any atom is 0.224 e. The van der Waals surface area contributed by atoms with E-state index >= 15 is 0 Å². The first-order chi connectivity index (χ1) is 11.2. The van der Waals surface area contributed by atoms with Gasteiger partial charge in [0.25, 0.3) is 0 Å². The highest BCUT2D eigenvalue weighted by atomic mass is 16.5. The van der Waals surface area contributed by atoms with Crippen LogP contribution in [0.2, 0.25) is 0 Å². The first-order valence-corrected chi connectivity index (χ1v) is 7.49. The Morgan fingerprint density at radius 3 is 2.91 bits per heavy atom. The summed E-state index contributed by atoms with van der Waals surface area (Å²) in [5.74, 6) is 0.758. The van der Waals surface area contributed by atoms with Crippen molar-refractivity contribution in [2.24, 2.45) is 0 Å². The molecule has 118 valence electrons. The van der Waals surface area contributed by atoms with E-state index in [9.17, 15) is 4.79 Å². The maximum atomic E-state index is 12.3. The molecule has 0 bridgehead atoms. The second-order valence-electron chi connectivity index (χ2n) is 5.41. The van der Waals surface area contributed by atoms with Gasteiger partial charge in [0, 0.05) is 22.8 Å². The lowest BCUT2D eigenvalue weighted by Gasteiger charge is -2.06. The minimum atomic E-state index is -0.0255. The van der Waals surface area contributed by atoms with Crippen molar-refractivity contribution in [1.82, 2.24) is 15.3 Å². The minimum absolute atomic E-state index is 0.0255. The monoisotopic (exact) mass is 309 g/mol. The third-order valence-corrected chi connectivity index (χ3v) is 3.86. The van der Waals surface area contributed by atoms with Gasteiger partial charge in [-0.15, -0.1) is 0 Å². The number of ether oxygens (including phenoxy) is 1. The molecule has 0 radical (unpaired) electrons. The molecule has 0 aliphatic heterocycles. The molecule has 0 aliphatic rings. The van der Waals surface area contributed by atoms with Crippen LogP contribution in [0.3, 0.4) is 0 Å². The molecule has 0 saturated carbocycles. The zero-order valence-electron chi connectivity index (χ0n) is 13.2. The fraction of sp³-hybridized carbons (Fsp3) is 0.222. The van der Waals surface area contributed by atoms with Crippen molar-refractivity contribution >= 4 is 16.8 Å². The number of fused-ring (bicyclic) bond motifs is 1. The summed E-state index contributed by atoms with van der Waals surface area (Å²) in [6.45, 7) is 2.41. The van der Waals surface area contributed by atoms with E-state index in [4.69, 9.17) is 4.74 Å². The molecule has 0 spiro atoms. The Morgan fingerprint density at radius 2 is 2.17 bits per heavy atom. The number of aryl methyl sites for hydroxylation is 1. The predicted octanol–water partition coefficient (Wildman–Crippen LogP) is 2.74. The van der Waals surface area contributed by atoms with Crippen molar-refractivity contribution in [3.63, 3.8) is 0 Å². The summed E-state index contributed by atoms with van der Waals surface area (Å²) in [5.41, 5.74) is 3.85. The van der Waals surface area contributed by atoms with Gasteiger partial charge in [0.05, 0.1) is 25.8 Å². The summed E-state index contributed by atoms with van der Waals surface area (Å²) < 4.78 is 5.27.